The monoisotopic (exact) mass is 371 g/mol. The van der Waals surface area contributed by atoms with Gasteiger partial charge >= 0.3 is 0 Å². The van der Waals surface area contributed by atoms with Crippen LogP contribution in [0.4, 0.5) is 10.2 Å². The van der Waals surface area contributed by atoms with Crippen LogP contribution in [0.2, 0.25) is 0 Å². The molecule has 0 spiro atoms. The number of para-hydroxylation sites is 1. The quantitative estimate of drug-likeness (QED) is 0.768. The van der Waals surface area contributed by atoms with Crippen molar-refractivity contribution in [2.75, 3.05) is 5.32 Å². The zero-order valence-electron chi connectivity index (χ0n) is 13.5. The Morgan fingerprint density at radius 3 is 2.58 bits per heavy atom. The highest BCUT2D eigenvalue weighted by atomic mass is 32.2. The lowest BCUT2D eigenvalue weighted by Crippen LogP contribution is -2.17. The maximum absolute atomic E-state index is 13.4. The maximum atomic E-state index is 13.4. The summed E-state index contributed by atoms with van der Waals surface area (Å²) < 4.78 is 38.8. The van der Waals surface area contributed by atoms with Crippen LogP contribution in [0.15, 0.2) is 54.6 Å². The highest BCUT2D eigenvalue weighted by molar-refractivity contribution is 7.90. The zero-order chi connectivity index (χ0) is 18.3. The van der Waals surface area contributed by atoms with Gasteiger partial charge in [-0.15, -0.1) is 0 Å². The molecule has 0 atom stereocenters. The molecule has 4 rings (SSSR count). The Labute approximate surface area is 149 Å². The molecule has 132 valence electrons. The van der Waals surface area contributed by atoms with Crippen LogP contribution in [-0.4, -0.2) is 24.1 Å². The van der Waals surface area contributed by atoms with Crippen molar-refractivity contribution in [1.29, 1.82) is 0 Å². The highest BCUT2D eigenvalue weighted by Gasteiger charge is 2.33. The van der Waals surface area contributed by atoms with Crippen LogP contribution in [0.1, 0.15) is 21.6 Å². The van der Waals surface area contributed by atoms with Crippen molar-refractivity contribution < 1.29 is 17.6 Å². The van der Waals surface area contributed by atoms with Crippen LogP contribution in [0, 0.1) is 5.82 Å². The molecule has 0 aliphatic carbocycles. The van der Waals surface area contributed by atoms with Crippen molar-refractivity contribution in [3.05, 3.63) is 77.2 Å². The third-order valence-electron chi connectivity index (χ3n) is 4.11. The average molecular weight is 371 g/mol. The summed E-state index contributed by atoms with van der Waals surface area (Å²) in [5.74, 6) is -1.11. The lowest BCUT2D eigenvalue weighted by atomic mass is 10.2. The molecule has 26 heavy (non-hydrogen) atoms. The predicted octanol–water partition coefficient (Wildman–Crippen LogP) is 2.69. The highest BCUT2D eigenvalue weighted by Crippen LogP contribution is 2.33. The van der Waals surface area contributed by atoms with E-state index in [9.17, 15) is 17.6 Å². The van der Waals surface area contributed by atoms with E-state index in [2.05, 4.69) is 10.4 Å². The van der Waals surface area contributed by atoms with E-state index >= 15 is 0 Å². The number of aromatic nitrogens is 2. The first kappa shape index (κ1) is 16.5. The summed E-state index contributed by atoms with van der Waals surface area (Å²) in [6.45, 7) is 0. The Bertz CT molecular complexity index is 1110. The second kappa shape index (κ2) is 6.06. The minimum absolute atomic E-state index is 0.139. The molecule has 0 saturated carbocycles. The SMILES string of the molecule is O=C(Nc1c2c(nn1-c1ccccc1)CS(=O)(=O)C2)c1cccc(F)c1. The Morgan fingerprint density at radius 1 is 1.08 bits per heavy atom. The number of carbonyl (C=O) groups is 1. The number of halogens is 1. The molecule has 0 fully saturated rings. The number of hydrogen-bond acceptors (Lipinski definition) is 4. The number of nitrogens with one attached hydrogen (secondary N) is 1. The first-order valence-corrected chi connectivity index (χ1v) is 9.69. The summed E-state index contributed by atoms with van der Waals surface area (Å²) >= 11 is 0. The summed E-state index contributed by atoms with van der Waals surface area (Å²) in [5.41, 5.74) is 1.72. The molecule has 2 aromatic carbocycles. The topological polar surface area (TPSA) is 81.1 Å². The van der Waals surface area contributed by atoms with Gasteiger partial charge < -0.3 is 5.32 Å². The van der Waals surface area contributed by atoms with Crippen LogP contribution in [0.5, 0.6) is 0 Å². The van der Waals surface area contributed by atoms with Gasteiger partial charge in [0.15, 0.2) is 9.84 Å². The number of carbonyl (C=O) groups excluding carboxylic acids is 1. The van der Waals surface area contributed by atoms with E-state index in [0.29, 0.717) is 22.8 Å². The van der Waals surface area contributed by atoms with Gasteiger partial charge in [-0.05, 0) is 30.3 Å². The lowest BCUT2D eigenvalue weighted by Gasteiger charge is -2.11. The van der Waals surface area contributed by atoms with Gasteiger partial charge in [-0.25, -0.2) is 17.5 Å². The minimum Gasteiger partial charge on any atom is -0.306 e. The number of amides is 1. The van der Waals surface area contributed by atoms with E-state index in [1.54, 1.807) is 12.1 Å². The number of anilines is 1. The van der Waals surface area contributed by atoms with Crippen molar-refractivity contribution >= 4 is 21.6 Å². The number of benzene rings is 2. The molecule has 6 nitrogen and oxygen atoms in total. The molecule has 8 heteroatoms. The van der Waals surface area contributed by atoms with E-state index in [0.717, 1.165) is 6.07 Å². The van der Waals surface area contributed by atoms with E-state index in [1.165, 1.54) is 22.9 Å². The van der Waals surface area contributed by atoms with Crippen molar-refractivity contribution in [2.45, 2.75) is 11.5 Å². The Morgan fingerprint density at radius 2 is 1.85 bits per heavy atom. The lowest BCUT2D eigenvalue weighted by molar-refractivity contribution is 0.102. The van der Waals surface area contributed by atoms with Crippen LogP contribution in [-0.2, 0) is 21.3 Å². The Balaban J connectivity index is 1.78. The normalized spacial score (nSPS) is 14.8. The van der Waals surface area contributed by atoms with Gasteiger partial charge in [-0.1, -0.05) is 24.3 Å². The zero-order valence-corrected chi connectivity index (χ0v) is 14.3. The average Bonchev–Trinajstić information content (AvgIpc) is 3.08. The molecule has 1 N–H and O–H groups in total. The smallest absolute Gasteiger partial charge is 0.256 e. The van der Waals surface area contributed by atoms with Crippen LogP contribution in [0.3, 0.4) is 0 Å². The molecule has 2 heterocycles. The van der Waals surface area contributed by atoms with Crippen molar-refractivity contribution in [3.63, 3.8) is 0 Å². The second-order valence-electron chi connectivity index (χ2n) is 6.02. The number of fused-ring (bicyclic) bond motifs is 1. The van der Waals surface area contributed by atoms with Gasteiger partial charge in [-0.2, -0.15) is 5.10 Å². The molecular weight excluding hydrogens is 357 g/mol. The van der Waals surface area contributed by atoms with Crippen LogP contribution in [0.25, 0.3) is 5.69 Å². The summed E-state index contributed by atoms with van der Waals surface area (Å²) in [7, 11) is -3.28. The number of rotatable bonds is 3. The summed E-state index contributed by atoms with van der Waals surface area (Å²) in [6, 6.07) is 14.4. The molecule has 0 bridgehead atoms. The van der Waals surface area contributed by atoms with Gasteiger partial charge in [0.1, 0.15) is 11.6 Å². The third kappa shape index (κ3) is 2.99. The van der Waals surface area contributed by atoms with Gasteiger partial charge in [0.25, 0.3) is 5.91 Å². The molecular formula is C18H14FN3O3S. The fraction of sp³-hybridized carbons (Fsp3) is 0.111. The molecule has 3 aromatic rings. The molecule has 1 aliphatic rings. The predicted molar refractivity (Wildman–Crippen MR) is 94.2 cm³/mol. The van der Waals surface area contributed by atoms with E-state index < -0.39 is 21.6 Å². The second-order valence-corrected chi connectivity index (χ2v) is 8.08. The Kier molecular flexibility index (Phi) is 3.84. The van der Waals surface area contributed by atoms with Gasteiger partial charge in [-0.3, -0.25) is 4.79 Å². The van der Waals surface area contributed by atoms with Crippen molar-refractivity contribution in [1.82, 2.24) is 9.78 Å². The largest absolute Gasteiger partial charge is 0.306 e. The molecule has 1 amide bonds. The van der Waals surface area contributed by atoms with Crippen molar-refractivity contribution in [3.8, 4) is 5.69 Å². The molecule has 0 radical (unpaired) electrons. The van der Waals surface area contributed by atoms with E-state index in [1.807, 2.05) is 18.2 Å². The minimum atomic E-state index is -3.28. The molecule has 0 saturated heterocycles. The fourth-order valence-electron chi connectivity index (χ4n) is 2.94. The third-order valence-corrected chi connectivity index (χ3v) is 5.55. The summed E-state index contributed by atoms with van der Waals surface area (Å²) in [6.07, 6.45) is 0. The maximum Gasteiger partial charge on any atom is 0.256 e. The summed E-state index contributed by atoms with van der Waals surface area (Å²) in [5, 5.41) is 7.07. The Hall–Kier alpha value is -3.00. The summed E-state index contributed by atoms with van der Waals surface area (Å²) in [4.78, 5) is 12.5. The number of nitrogens with zero attached hydrogens (tertiary/aromatic N) is 2. The number of hydrogen-bond donors (Lipinski definition) is 1. The molecule has 0 unspecified atom stereocenters. The fourth-order valence-corrected chi connectivity index (χ4v) is 4.43. The first-order chi connectivity index (χ1) is 12.4. The van der Waals surface area contributed by atoms with Crippen LogP contribution < -0.4 is 5.32 Å². The van der Waals surface area contributed by atoms with E-state index in [4.69, 9.17) is 0 Å². The standard InChI is InChI=1S/C18H14FN3O3S/c19-13-6-4-5-12(9-13)18(23)20-17-15-10-26(24,25)11-16(15)21-22(17)14-7-2-1-3-8-14/h1-9H,10-11H2,(H,20,23). The first-order valence-electron chi connectivity index (χ1n) is 7.86. The van der Waals surface area contributed by atoms with Gasteiger partial charge in [0, 0.05) is 11.1 Å². The van der Waals surface area contributed by atoms with Crippen molar-refractivity contribution in [2.24, 2.45) is 0 Å². The van der Waals surface area contributed by atoms with E-state index in [-0.39, 0.29) is 17.1 Å². The van der Waals surface area contributed by atoms with Gasteiger partial charge in [0.2, 0.25) is 0 Å². The number of sulfone groups is 1. The molecule has 1 aliphatic heterocycles. The molecule has 1 aromatic heterocycles. The van der Waals surface area contributed by atoms with Gasteiger partial charge in [0.05, 0.1) is 22.9 Å². The van der Waals surface area contributed by atoms with Crippen LogP contribution >= 0.6 is 0 Å².